The van der Waals surface area contributed by atoms with Crippen LogP contribution in [0.5, 0.6) is 0 Å². The Bertz CT molecular complexity index is 3450. The molecule has 5 nitrogen and oxygen atoms in total. The van der Waals surface area contributed by atoms with Gasteiger partial charge in [-0.15, -0.1) is 0 Å². The van der Waals surface area contributed by atoms with Crippen LogP contribution in [0, 0.1) is 0 Å². The number of hydrogen-bond acceptors (Lipinski definition) is 3. The number of rotatable bonds is 5. The first-order valence-electron chi connectivity index (χ1n) is 19.3. The number of fused-ring (bicyclic) bond motifs is 10. The molecule has 57 heavy (non-hydrogen) atoms. The van der Waals surface area contributed by atoms with Crippen molar-refractivity contribution in [1.82, 2.24) is 19.1 Å². The Balaban J connectivity index is 1.18. The second-order valence-electron chi connectivity index (χ2n) is 14.6. The van der Waals surface area contributed by atoms with Gasteiger partial charge in [-0.3, -0.25) is 4.57 Å². The average molecular weight is 729 g/mol. The van der Waals surface area contributed by atoms with Gasteiger partial charge >= 0.3 is 0 Å². The van der Waals surface area contributed by atoms with Crippen LogP contribution in [0.1, 0.15) is 0 Å². The topological polar surface area (TPSA) is 48.8 Å². The summed E-state index contributed by atoms with van der Waals surface area (Å²) < 4.78 is 11.2. The summed E-state index contributed by atoms with van der Waals surface area (Å²) in [5.74, 6) is 0.634. The molecule has 0 N–H and O–H groups in total. The fourth-order valence-electron chi connectivity index (χ4n) is 8.83. The predicted octanol–water partition coefficient (Wildman–Crippen LogP) is 13.6. The van der Waals surface area contributed by atoms with Gasteiger partial charge in [-0.2, -0.15) is 0 Å². The maximum absolute atomic E-state index is 6.59. The van der Waals surface area contributed by atoms with Gasteiger partial charge in [0.05, 0.1) is 33.5 Å². The molecule has 0 radical (unpaired) electrons. The van der Waals surface area contributed by atoms with E-state index in [9.17, 15) is 0 Å². The highest BCUT2D eigenvalue weighted by molar-refractivity contribution is 6.29. The van der Waals surface area contributed by atoms with Crippen molar-refractivity contribution in [2.24, 2.45) is 0 Å². The van der Waals surface area contributed by atoms with E-state index in [0.717, 1.165) is 88.7 Å². The second-order valence-corrected chi connectivity index (χ2v) is 14.6. The molecule has 0 saturated heterocycles. The molecule has 0 aliphatic rings. The van der Waals surface area contributed by atoms with Crippen LogP contribution in [0.2, 0.25) is 0 Å². The van der Waals surface area contributed by atoms with Crippen LogP contribution in [-0.2, 0) is 0 Å². The Labute approximate surface area is 327 Å². The van der Waals surface area contributed by atoms with Crippen molar-refractivity contribution in [2.45, 2.75) is 0 Å². The van der Waals surface area contributed by atoms with Crippen LogP contribution < -0.4 is 0 Å². The molecule has 0 amide bonds. The molecule has 5 heteroatoms. The molecule has 4 aromatic heterocycles. The third kappa shape index (κ3) is 4.82. The van der Waals surface area contributed by atoms with Crippen molar-refractivity contribution >= 4 is 65.6 Å². The fourth-order valence-corrected chi connectivity index (χ4v) is 8.83. The van der Waals surface area contributed by atoms with Gasteiger partial charge in [0.25, 0.3) is 0 Å². The average Bonchev–Trinajstić information content (AvgIpc) is 3.94. The molecule has 0 atom stereocenters. The molecule has 0 unspecified atom stereocenters. The van der Waals surface area contributed by atoms with E-state index < -0.39 is 0 Å². The van der Waals surface area contributed by atoms with Gasteiger partial charge in [0, 0.05) is 54.7 Å². The Morgan fingerprint density at radius 1 is 0.368 bits per heavy atom. The SMILES string of the molecule is c1ccc(-c2cc(-c3ccccc3)nc(-n3c4ccccc4c4c5c6ccccc6n(-c6cc(-c7ccccc7)c7oc8ccccc8c7c6)c5ccc43)n2)cc1. The zero-order valence-electron chi connectivity index (χ0n) is 30.7. The first-order valence-corrected chi connectivity index (χ1v) is 19.3. The van der Waals surface area contributed by atoms with Gasteiger partial charge in [0.1, 0.15) is 11.2 Å². The summed E-state index contributed by atoms with van der Waals surface area (Å²) in [5.41, 5.74) is 13.2. The van der Waals surface area contributed by atoms with Crippen LogP contribution in [-0.4, -0.2) is 19.1 Å². The standard InChI is InChI=1S/C52H32N4O/c1-4-16-33(17-5-1)40-30-36(31-41-37-22-12-15-27-48(37)57-51(40)41)55-44-25-13-10-23-38(44)49-46(55)28-29-47-50(49)39-24-11-14-26-45(39)56(47)52-53-42(34-18-6-2-7-19-34)32-43(54-52)35-20-8-3-9-21-35/h1-32H. The molecular formula is C52H32N4O. The summed E-state index contributed by atoms with van der Waals surface area (Å²) in [4.78, 5) is 10.6. The fraction of sp³-hybridized carbons (Fsp3) is 0. The highest BCUT2D eigenvalue weighted by atomic mass is 16.3. The molecule has 0 aliphatic heterocycles. The summed E-state index contributed by atoms with van der Waals surface area (Å²) in [6.07, 6.45) is 0. The second kappa shape index (κ2) is 12.4. The van der Waals surface area contributed by atoms with Gasteiger partial charge in [0.2, 0.25) is 5.95 Å². The highest BCUT2D eigenvalue weighted by Crippen LogP contribution is 2.44. The van der Waals surface area contributed by atoms with Gasteiger partial charge in [-0.05, 0) is 54.1 Å². The summed E-state index contributed by atoms with van der Waals surface area (Å²) in [7, 11) is 0. The first kappa shape index (κ1) is 31.6. The Hall–Kier alpha value is -7.76. The molecule has 8 aromatic carbocycles. The van der Waals surface area contributed by atoms with Gasteiger partial charge in [-0.1, -0.05) is 146 Å². The van der Waals surface area contributed by atoms with Crippen molar-refractivity contribution in [3.63, 3.8) is 0 Å². The van der Waals surface area contributed by atoms with E-state index in [-0.39, 0.29) is 0 Å². The molecule has 12 rings (SSSR count). The van der Waals surface area contributed by atoms with E-state index in [2.05, 4.69) is 185 Å². The van der Waals surface area contributed by atoms with Crippen molar-refractivity contribution in [3.05, 3.63) is 194 Å². The van der Waals surface area contributed by atoms with Crippen molar-refractivity contribution in [2.75, 3.05) is 0 Å². The number of furan rings is 1. The van der Waals surface area contributed by atoms with Crippen molar-refractivity contribution < 1.29 is 4.42 Å². The number of hydrogen-bond donors (Lipinski definition) is 0. The normalized spacial score (nSPS) is 11.9. The van der Waals surface area contributed by atoms with Crippen LogP contribution in [0.4, 0.5) is 0 Å². The van der Waals surface area contributed by atoms with Crippen LogP contribution in [0.3, 0.4) is 0 Å². The summed E-state index contributed by atoms with van der Waals surface area (Å²) in [6, 6.07) is 68.2. The molecule has 0 fully saturated rings. The first-order chi connectivity index (χ1) is 28.3. The number of nitrogens with zero attached hydrogens (tertiary/aromatic N) is 4. The molecule has 0 aliphatic carbocycles. The van der Waals surface area contributed by atoms with E-state index in [4.69, 9.17) is 14.4 Å². The van der Waals surface area contributed by atoms with E-state index in [1.54, 1.807) is 0 Å². The van der Waals surface area contributed by atoms with E-state index >= 15 is 0 Å². The van der Waals surface area contributed by atoms with Crippen molar-refractivity contribution in [3.8, 4) is 45.3 Å². The zero-order chi connectivity index (χ0) is 37.5. The Kier molecular flexibility index (Phi) is 6.86. The van der Waals surface area contributed by atoms with Crippen LogP contribution in [0.15, 0.2) is 199 Å². The van der Waals surface area contributed by atoms with Crippen LogP contribution in [0.25, 0.3) is 111 Å². The number of aromatic nitrogens is 4. The maximum Gasteiger partial charge on any atom is 0.235 e. The molecular weight excluding hydrogens is 697 g/mol. The minimum absolute atomic E-state index is 0.634. The quantitative estimate of drug-likeness (QED) is 0.177. The third-order valence-corrected chi connectivity index (χ3v) is 11.3. The third-order valence-electron chi connectivity index (χ3n) is 11.3. The molecule has 0 spiro atoms. The monoisotopic (exact) mass is 728 g/mol. The number of benzene rings is 8. The molecule has 266 valence electrons. The highest BCUT2D eigenvalue weighted by Gasteiger charge is 2.23. The Morgan fingerprint density at radius 3 is 1.47 bits per heavy atom. The lowest BCUT2D eigenvalue weighted by Crippen LogP contribution is -2.04. The number of para-hydroxylation sites is 3. The predicted molar refractivity (Wildman–Crippen MR) is 234 cm³/mol. The Morgan fingerprint density at radius 2 is 0.860 bits per heavy atom. The van der Waals surface area contributed by atoms with E-state index in [0.29, 0.717) is 5.95 Å². The lowest BCUT2D eigenvalue weighted by atomic mass is 10.0. The molecule has 12 aromatic rings. The van der Waals surface area contributed by atoms with E-state index in [1.165, 1.54) is 16.2 Å². The summed E-state index contributed by atoms with van der Waals surface area (Å²) >= 11 is 0. The minimum Gasteiger partial charge on any atom is -0.455 e. The van der Waals surface area contributed by atoms with E-state index in [1.807, 2.05) is 18.2 Å². The summed E-state index contributed by atoms with van der Waals surface area (Å²) in [5, 5.41) is 6.89. The van der Waals surface area contributed by atoms with Crippen molar-refractivity contribution in [1.29, 1.82) is 0 Å². The summed E-state index contributed by atoms with van der Waals surface area (Å²) in [6.45, 7) is 0. The molecule has 4 heterocycles. The lowest BCUT2D eigenvalue weighted by molar-refractivity contribution is 0.670. The zero-order valence-corrected chi connectivity index (χ0v) is 30.7. The minimum atomic E-state index is 0.634. The lowest BCUT2D eigenvalue weighted by Gasteiger charge is -2.12. The van der Waals surface area contributed by atoms with Gasteiger partial charge < -0.3 is 8.98 Å². The molecule has 0 saturated carbocycles. The maximum atomic E-state index is 6.59. The largest absolute Gasteiger partial charge is 0.455 e. The van der Waals surface area contributed by atoms with Crippen LogP contribution >= 0.6 is 0 Å². The molecule has 0 bridgehead atoms. The van der Waals surface area contributed by atoms with Gasteiger partial charge in [0.15, 0.2) is 0 Å². The van der Waals surface area contributed by atoms with Gasteiger partial charge in [-0.25, -0.2) is 9.97 Å². The smallest absolute Gasteiger partial charge is 0.235 e.